The molecule has 0 saturated heterocycles. The first-order valence-corrected chi connectivity index (χ1v) is 23.0. The smallest absolute Gasteiger partial charge is 0.306 e. The zero-order chi connectivity index (χ0) is 40.2. The summed E-state index contributed by atoms with van der Waals surface area (Å²) in [5, 5.41) is 0. The number of carbonyl (C=O) groups is 3. The van der Waals surface area contributed by atoms with E-state index in [1.54, 1.807) is 0 Å². The fourth-order valence-electron chi connectivity index (χ4n) is 7.03. The molecule has 0 amide bonds. The number of ether oxygens (including phenoxy) is 3. The number of carbonyl (C=O) groups excluding carboxylic acids is 3. The highest BCUT2D eigenvalue weighted by atomic mass is 16.5. The largest absolute Gasteiger partial charge is 0.466 e. The molecule has 0 heterocycles. The molecule has 54 heavy (non-hydrogen) atoms. The van der Waals surface area contributed by atoms with Gasteiger partial charge in [-0.15, -0.1) is 0 Å². The van der Waals surface area contributed by atoms with Crippen LogP contribution in [0.4, 0.5) is 0 Å². The maximum atomic E-state index is 12.6. The molecule has 7 nitrogen and oxygen atoms in total. The summed E-state index contributed by atoms with van der Waals surface area (Å²) in [5.74, 6) is 2.65. The highest BCUT2D eigenvalue weighted by Crippen LogP contribution is 2.20. The molecule has 0 aliphatic rings. The van der Waals surface area contributed by atoms with Gasteiger partial charge in [-0.05, 0) is 102 Å². The van der Waals surface area contributed by atoms with Crippen LogP contribution in [0.15, 0.2) is 0 Å². The molecular weight excluding hydrogens is 675 g/mol. The molecule has 0 bridgehead atoms. The predicted molar refractivity (Wildman–Crippen MR) is 228 cm³/mol. The van der Waals surface area contributed by atoms with Crippen molar-refractivity contribution in [3.63, 3.8) is 0 Å². The molecule has 0 aromatic heterocycles. The molecule has 0 saturated carbocycles. The molecule has 0 radical (unpaired) electrons. The fraction of sp³-hybridized carbons (Fsp3) is 0.936. The second kappa shape index (κ2) is 37.0. The summed E-state index contributed by atoms with van der Waals surface area (Å²) in [4.78, 5) is 38.9. The van der Waals surface area contributed by atoms with Crippen molar-refractivity contribution in [3.05, 3.63) is 0 Å². The molecule has 0 fully saturated rings. The maximum absolute atomic E-state index is 12.6. The quantitative estimate of drug-likeness (QED) is 0.0350. The molecule has 0 spiro atoms. The summed E-state index contributed by atoms with van der Waals surface area (Å²) in [6.45, 7) is 15.6. The first-order valence-electron chi connectivity index (χ1n) is 23.0. The number of nitrogens with zero attached hydrogens (tertiary/aromatic N) is 1. The zero-order valence-electron chi connectivity index (χ0n) is 37.2. The van der Waals surface area contributed by atoms with E-state index in [0.717, 1.165) is 115 Å². The lowest BCUT2D eigenvalue weighted by Gasteiger charge is -2.18. The van der Waals surface area contributed by atoms with Crippen LogP contribution in [0.2, 0.25) is 0 Å². The first-order chi connectivity index (χ1) is 25.9. The Labute approximate surface area is 335 Å². The molecular formula is C47H91NO6. The average Bonchev–Trinajstić information content (AvgIpc) is 3.09. The van der Waals surface area contributed by atoms with Crippen LogP contribution >= 0.6 is 0 Å². The highest BCUT2D eigenvalue weighted by molar-refractivity contribution is 5.70. The van der Waals surface area contributed by atoms with Gasteiger partial charge in [0.1, 0.15) is 6.10 Å². The number of unbranched alkanes of at least 4 members (excludes halogenated alkanes) is 12. The Morgan fingerprint density at radius 1 is 0.407 bits per heavy atom. The van der Waals surface area contributed by atoms with Crippen LogP contribution in [0, 0.1) is 23.7 Å². The fourth-order valence-corrected chi connectivity index (χ4v) is 7.03. The van der Waals surface area contributed by atoms with Crippen molar-refractivity contribution < 1.29 is 28.6 Å². The van der Waals surface area contributed by atoms with Gasteiger partial charge in [-0.25, -0.2) is 0 Å². The van der Waals surface area contributed by atoms with Crippen LogP contribution < -0.4 is 0 Å². The summed E-state index contributed by atoms with van der Waals surface area (Å²) in [6.07, 6.45) is 29.4. The van der Waals surface area contributed by atoms with Gasteiger partial charge in [0.2, 0.25) is 0 Å². The number of rotatable bonds is 39. The molecule has 0 rings (SSSR count). The summed E-state index contributed by atoms with van der Waals surface area (Å²) in [6, 6.07) is 0. The van der Waals surface area contributed by atoms with Crippen LogP contribution in [0.5, 0.6) is 0 Å². The Morgan fingerprint density at radius 2 is 0.778 bits per heavy atom. The van der Waals surface area contributed by atoms with Gasteiger partial charge in [-0.2, -0.15) is 0 Å². The lowest BCUT2D eigenvalue weighted by atomic mass is 9.98. The van der Waals surface area contributed by atoms with Gasteiger partial charge in [0.25, 0.3) is 0 Å². The number of hydrogen-bond acceptors (Lipinski definition) is 7. The zero-order valence-corrected chi connectivity index (χ0v) is 37.2. The van der Waals surface area contributed by atoms with Crippen molar-refractivity contribution in [2.24, 2.45) is 23.7 Å². The second-order valence-corrected chi connectivity index (χ2v) is 17.9. The Morgan fingerprint density at radius 3 is 1.17 bits per heavy atom. The molecule has 0 aliphatic carbocycles. The maximum Gasteiger partial charge on any atom is 0.306 e. The van der Waals surface area contributed by atoms with Gasteiger partial charge in [-0.1, -0.05) is 144 Å². The van der Waals surface area contributed by atoms with E-state index in [1.165, 1.54) is 64.2 Å². The van der Waals surface area contributed by atoms with E-state index in [2.05, 4.69) is 46.4 Å². The van der Waals surface area contributed by atoms with Crippen molar-refractivity contribution in [3.8, 4) is 0 Å². The number of hydrogen-bond donors (Lipinski definition) is 0. The van der Waals surface area contributed by atoms with Gasteiger partial charge in [0.15, 0.2) is 0 Å². The third-order valence-electron chi connectivity index (χ3n) is 10.8. The van der Waals surface area contributed by atoms with Crippen molar-refractivity contribution in [2.75, 3.05) is 33.9 Å². The van der Waals surface area contributed by atoms with Crippen molar-refractivity contribution >= 4 is 17.9 Å². The highest BCUT2D eigenvalue weighted by Gasteiger charge is 2.15. The molecule has 320 valence electrons. The summed E-state index contributed by atoms with van der Waals surface area (Å²) >= 11 is 0. The molecule has 0 aliphatic heterocycles. The SMILES string of the molecule is CC(C)CCCC(C)CCOC(=O)CCCCCCCCCC(CCCCCCCCCC(=O)OCCC(C)CCCC(C)C)OC(=O)CCCN(C)C. The Kier molecular flexibility index (Phi) is 35.9. The van der Waals surface area contributed by atoms with Crippen LogP contribution in [0.1, 0.15) is 221 Å². The average molecular weight is 766 g/mol. The number of esters is 3. The molecule has 7 heteroatoms. The third-order valence-corrected chi connectivity index (χ3v) is 10.8. The van der Waals surface area contributed by atoms with E-state index in [4.69, 9.17) is 14.2 Å². The standard InChI is InChI=1S/C47H91NO6/c1-40(2)26-23-28-42(5)35-38-52-45(49)32-21-17-13-9-11-15-19-30-44(54-47(51)34-25-37-48(7)8)31-20-16-12-10-14-18-22-33-46(50)53-39-36-43(6)29-24-27-41(3)4/h40-44H,9-39H2,1-8H3. The lowest BCUT2D eigenvalue weighted by molar-refractivity contribution is -0.150. The van der Waals surface area contributed by atoms with E-state index < -0.39 is 0 Å². The minimum atomic E-state index is -0.0498. The van der Waals surface area contributed by atoms with Crippen LogP contribution in [-0.2, 0) is 28.6 Å². The van der Waals surface area contributed by atoms with Gasteiger partial charge in [0.05, 0.1) is 13.2 Å². The van der Waals surface area contributed by atoms with E-state index in [-0.39, 0.29) is 24.0 Å². The summed E-state index contributed by atoms with van der Waals surface area (Å²) in [5.41, 5.74) is 0. The van der Waals surface area contributed by atoms with Crippen LogP contribution in [-0.4, -0.2) is 62.8 Å². The lowest BCUT2D eigenvalue weighted by Crippen LogP contribution is -2.20. The van der Waals surface area contributed by atoms with Crippen molar-refractivity contribution in [1.82, 2.24) is 4.90 Å². The normalized spacial score (nSPS) is 13.4. The van der Waals surface area contributed by atoms with Gasteiger partial charge in [0, 0.05) is 19.3 Å². The minimum Gasteiger partial charge on any atom is -0.466 e. The van der Waals surface area contributed by atoms with Crippen LogP contribution in [0.25, 0.3) is 0 Å². The van der Waals surface area contributed by atoms with E-state index in [1.807, 2.05) is 14.1 Å². The molecule has 0 N–H and O–H groups in total. The first kappa shape index (κ1) is 52.4. The Balaban J connectivity index is 4.06. The summed E-state index contributed by atoms with van der Waals surface area (Å²) in [7, 11) is 4.07. The minimum absolute atomic E-state index is 0.0277. The predicted octanol–water partition coefficient (Wildman–Crippen LogP) is 13.1. The van der Waals surface area contributed by atoms with Gasteiger partial charge in [-0.3, -0.25) is 14.4 Å². The van der Waals surface area contributed by atoms with Crippen molar-refractivity contribution in [2.45, 2.75) is 227 Å². The van der Waals surface area contributed by atoms with Crippen LogP contribution in [0.3, 0.4) is 0 Å². The summed E-state index contributed by atoms with van der Waals surface area (Å²) < 4.78 is 17.0. The molecule has 2 atom stereocenters. The monoisotopic (exact) mass is 766 g/mol. The Hall–Kier alpha value is -1.63. The third kappa shape index (κ3) is 38.6. The van der Waals surface area contributed by atoms with E-state index in [0.29, 0.717) is 44.3 Å². The second-order valence-electron chi connectivity index (χ2n) is 17.9. The topological polar surface area (TPSA) is 82.1 Å². The van der Waals surface area contributed by atoms with Gasteiger partial charge >= 0.3 is 17.9 Å². The Bertz CT molecular complexity index is 818. The molecule has 0 aromatic rings. The van der Waals surface area contributed by atoms with Gasteiger partial charge < -0.3 is 19.1 Å². The molecule has 0 aromatic carbocycles. The van der Waals surface area contributed by atoms with Crippen molar-refractivity contribution in [1.29, 1.82) is 0 Å². The van der Waals surface area contributed by atoms with E-state index in [9.17, 15) is 14.4 Å². The molecule has 2 unspecified atom stereocenters. The van der Waals surface area contributed by atoms with E-state index >= 15 is 0 Å².